The number of hydrogen-bond donors (Lipinski definition) is 1. The molecule has 0 radical (unpaired) electrons. The van der Waals surface area contributed by atoms with Crippen molar-refractivity contribution < 1.29 is 9.53 Å². The maximum atomic E-state index is 12.4. The summed E-state index contributed by atoms with van der Waals surface area (Å²) in [5.74, 6) is 0.513. The Balaban J connectivity index is 1.70. The van der Waals surface area contributed by atoms with Crippen molar-refractivity contribution in [2.24, 2.45) is 0 Å². The van der Waals surface area contributed by atoms with Gasteiger partial charge in [-0.15, -0.1) is 11.3 Å². The molecule has 2 aromatic carbocycles. The molecule has 0 saturated carbocycles. The molecular formula is C19H18N2O2S. The topological polar surface area (TPSA) is 51.2 Å². The number of hydrogen-bond acceptors (Lipinski definition) is 4. The minimum Gasteiger partial charge on any atom is -0.494 e. The molecule has 0 saturated heterocycles. The second kappa shape index (κ2) is 7.75. The molecule has 24 heavy (non-hydrogen) atoms. The number of rotatable bonds is 6. The van der Waals surface area contributed by atoms with E-state index in [1.54, 1.807) is 12.1 Å². The highest BCUT2D eigenvalue weighted by Gasteiger charge is 2.10. The summed E-state index contributed by atoms with van der Waals surface area (Å²) < 4.78 is 5.57. The van der Waals surface area contributed by atoms with Gasteiger partial charge in [0.05, 0.1) is 12.3 Å². The van der Waals surface area contributed by atoms with Crippen molar-refractivity contribution in [2.45, 2.75) is 13.3 Å². The third-order valence-corrected chi connectivity index (χ3v) is 4.12. The first-order valence-corrected chi connectivity index (χ1v) is 8.69. The summed E-state index contributed by atoms with van der Waals surface area (Å²) in [7, 11) is 0. The van der Waals surface area contributed by atoms with Crippen LogP contribution in [0.5, 0.6) is 5.75 Å². The molecule has 1 amide bonds. The van der Waals surface area contributed by atoms with E-state index in [1.807, 2.05) is 54.8 Å². The van der Waals surface area contributed by atoms with Gasteiger partial charge in [0.2, 0.25) is 0 Å². The molecule has 0 aliphatic carbocycles. The van der Waals surface area contributed by atoms with Crippen LogP contribution in [0.2, 0.25) is 0 Å². The van der Waals surface area contributed by atoms with Gasteiger partial charge >= 0.3 is 0 Å². The Bertz CT molecular complexity index is 815. The van der Waals surface area contributed by atoms with Gasteiger partial charge in [-0.25, -0.2) is 4.98 Å². The predicted octanol–water partition coefficient (Wildman–Crippen LogP) is 4.85. The highest BCUT2D eigenvalue weighted by atomic mass is 32.1. The average Bonchev–Trinajstić information content (AvgIpc) is 3.09. The maximum Gasteiger partial charge on any atom is 0.257 e. The first kappa shape index (κ1) is 16.2. The number of amides is 1. The number of ether oxygens (including phenoxy) is 1. The molecule has 1 aromatic heterocycles. The monoisotopic (exact) mass is 338 g/mol. The van der Waals surface area contributed by atoms with Crippen LogP contribution in [0.25, 0.3) is 11.3 Å². The first-order chi connectivity index (χ1) is 11.8. The van der Waals surface area contributed by atoms with Gasteiger partial charge in [-0.3, -0.25) is 10.1 Å². The summed E-state index contributed by atoms with van der Waals surface area (Å²) in [4.78, 5) is 16.9. The summed E-state index contributed by atoms with van der Waals surface area (Å²) >= 11 is 1.41. The molecule has 0 aliphatic heterocycles. The number of anilines is 1. The zero-order chi connectivity index (χ0) is 16.8. The molecule has 4 nitrogen and oxygen atoms in total. The van der Waals surface area contributed by atoms with E-state index in [1.165, 1.54) is 11.3 Å². The lowest BCUT2D eigenvalue weighted by Crippen LogP contribution is -2.11. The van der Waals surface area contributed by atoms with Crippen LogP contribution in [0.1, 0.15) is 23.7 Å². The summed E-state index contributed by atoms with van der Waals surface area (Å²) in [6.45, 7) is 2.68. The van der Waals surface area contributed by atoms with E-state index in [4.69, 9.17) is 4.74 Å². The van der Waals surface area contributed by atoms with E-state index in [-0.39, 0.29) is 5.91 Å². The number of carbonyl (C=O) groups excluding carboxylic acids is 1. The van der Waals surface area contributed by atoms with Crippen LogP contribution < -0.4 is 10.1 Å². The normalized spacial score (nSPS) is 10.4. The highest BCUT2D eigenvalue weighted by molar-refractivity contribution is 7.14. The minimum absolute atomic E-state index is 0.189. The Morgan fingerprint density at radius 3 is 2.79 bits per heavy atom. The lowest BCUT2D eigenvalue weighted by molar-refractivity contribution is 0.102. The van der Waals surface area contributed by atoms with Crippen LogP contribution in [-0.2, 0) is 0 Å². The van der Waals surface area contributed by atoms with Crippen LogP contribution in [-0.4, -0.2) is 17.5 Å². The summed E-state index contributed by atoms with van der Waals surface area (Å²) in [6, 6.07) is 17.1. The smallest absolute Gasteiger partial charge is 0.257 e. The molecule has 1 N–H and O–H groups in total. The highest BCUT2D eigenvalue weighted by Crippen LogP contribution is 2.25. The molecule has 0 aliphatic rings. The molecule has 0 unspecified atom stereocenters. The molecule has 0 fully saturated rings. The molecule has 122 valence electrons. The zero-order valence-electron chi connectivity index (χ0n) is 13.4. The maximum absolute atomic E-state index is 12.4. The fourth-order valence-corrected chi connectivity index (χ4v) is 2.90. The van der Waals surface area contributed by atoms with E-state index >= 15 is 0 Å². The first-order valence-electron chi connectivity index (χ1n) is 7.81. The molecule has 3 aromatic rings. The van der Waals surface area contributed by atoms with Crippen molar-refractivity contribution in [3.05, 3.63) is 65.5 Å². The number of aromatic nitrogens is 1. The van der Waals surface area contributed by atoms with Crippen molar-refractivity contribution in [3.63, 3.8) is 0 Å². The van der Waals surface area contributed by atoms with Crippen LogP contribution in [0.4, 0.5) is 5.13 Å². The Morgan fingerprint density at radius 1 is 1.17 bits per heavy atom. The molecular weight excluding hydrogens is 320 g/mol. The Labute approximate surface area is 145 Å². The fraction of sp³-hybridized carbons (Fsp3) is 0.158. The number of carbonyl (C=O) groups is 1. The van der Waals surface area contributed by atoms with Crippen molar-refractivity contribution in [1.82, 2.24) is 4.98 Å². The number of nitrogens with one attached hydrogen (secondary N) is 1. The van der Waals surface area contributed by atoms with Crippen LogP contribution in [0.3, 0.4) is 0 Å². The number of nitrogens with zero attached hydrogens (tertiary/aromatic N) is 1. The SMILES string of the molecule is CCCOc1cccc(C(=O)Nc2nc(-c3ccccc3)cs2)c1. The predicted molar refractivity (Wildman–Crippen MR) is 97.7 cm³/mol. The van der Waals surface area contributed by atoms with Crippen LogP contribution in [0.15, 0.2) is 60.0 Å². The summed E-state index contributed by atoms with van der Waals surface area (Å²) in [6.07, 6.45) is 0.928. The molecule has 5 heteroatoms. The minimum atomic E-state index is -0.189. The number of thiazole rings is 1. The van der Waals surface area contributed by atoms with Gasteiger partial charge in [0.15, 0.2) is 5.13 Å². The van der Waals surface area contributed by atoms with Crippen LogP contribution >= 0.6 is 11.3 Å². The average molecular weight is 338 g/mol. The van der Waals surface area contributed by atoms with Gasteiger partial charge in [0.25, 0.3) is 5.91 Å². The van der Waals surface area contributed by atoms with E-state index in [0.29, 0.717) is 23.1 Å². The second-order valence-corrected chi connectivity index (χ2v) is 6.09. The van der Waals surface area contributed by atoms with Crippen molar-refractivity contribution in [2.75, 3.05) is 11.9 Å². The molecule has 0 atom stereocenters. The Kier molecular flexibility index (Phi) is 5.23. The van der Waals surface area contributed by atoms with Gasteiger partial charge in [0, 0.05) is 16.5 Å². The zero-order valence-corrected chi connectivity index (χ0v) is 14.2. The van der Waals surface area contributed by atoms with Gasteiger partial charge in [-0.05, 0) is 24.6 Å². The summed E-state index contributed by atoms with van der Waals surface area (Å²) in [5, 5.41) is 5.36. The largest absolute Gasteiger partial charge is 0.494 e. The van der Waals surface area contributed by atoms with Crippen molar-refractivity contribution in [3.8, 4) is 17.0 Å². The summed E-state index contributed by atoms with van der Waals surface area (Å²) in [5.41, 5.74) is 2.44. The van der Waals surface area contributed by atoms with E-state index in [0.717, 1.165) is 17.7 Å². The molecule has 0 spiro atoms. The number of benzene rings is 2. The Morgan fingerprint density at radius 2 is 2.00 bits per heavy atom. The van der Waals surface area contributed by atoms with Gasteiger partial charge in [-0.2, -0.15) is 0 Å². The third kappa shape index (κ3) is 4.00. The van der Waals surface area contributed by atoms with E-state index in [2.05, 4.69) is 10.3 Å². The van der Waals surface area contributed by atoms with Crippen molar-refractivity contribution >= 4 is 22.4 Å². The Hall–Kier alpha value is -2.66. The van der Waals surface area contributed by atoms with E-state index < -0.39 is 0 Å². The lowest BCUT2D eigenvalue weighted by atomic mass is 10.2. The standard InChI is InChI=1S/C19H18N2O2S/c1-2-11-23-16-10-6-9-15(12-16)18(22)21-19-20-17(13-24-19)14-7-4-3-5-8-14/h3-10,12-13H,2,11H2,1H3,(H,20,21,22). The molecule has 3 rings (SSSR count). The second-order valence-electron chi connectivity index (χ2n) is 5.23. The fourth-order valence-electron chi connectivity index (χ4n) is 2.19. The molecule has 1 heterocycles. The lowest BCUT2D eigenvalue weighted by Gasteiger charge is -2.06. The van der Waals surface area contributed by atoms with E-state index in [9.17, 15) is 4.79 Å². The van der Waals surface area contributed by atoms with Gasteiger partial charge in [0.1, 0.15) is 5.75 Å². The molecule has 0 bridgehead atoms. The van der Waals surface area contributed by atoms with Crippen molar-refractivity contribution in [1.29, 1.82) is 0 Å². The van der Waals surface area contributed by atoms with Gasteiger partial charge < -0.3 is 4.74 Å². The third-order valence-electron chi connectivity index (χ3n) is 3.36. The van der Waals surface area contributed by atoms with Gasteiger partial charge in [-0.1, -0.05) is 43.3 Å². The van der Waals surface area contributed by atoms with Crippen LogP contribution in [0, 0.1) is 0 Å². The quantitative estimate of drug-likeness (QED) is 0.699.